The molecular formula is C25H27FN4O3S. The van der Waals surface area contributed by atoms with E-state index in [4.69, 9.17) is 4.74 Å². The van der Waals surface area contributed by atoms with E-state index in [9.17, 15) is 14.0 Å². The van der Waals surface area contributed by atoms with Crippen LogP contribution < -0.4 is 5.32 Å². The van der Waals surface area contributed by atoms with Crippen molar-refractivity contribution >= 4 is 23.6 Å². The van der Waals surface area contributed by atoms with E-state index < -0.39 is 11.8 Å². The molecule has 0 unspecified atom stereocenters. The van der Waals surface area contributed by atoms with Gasteiger partial charge in [0, 0.05) is 11.7 Å². The van der Waals surface area contributed by atoms with Crippen molar-refractivity contribution in [2.24, 2.45) is 5.92 Å². The minimum atomic E-state index is -0.535. The fraction of sp³-hybridized carbons (Fsp3) is 0.360. The fourth-order valence-electron chi connectivity index (χ4n) is 3.98. The van der Waals surface area contributed by atoms with Crippen molar-refractivity contribution in [1.82, 2.24) is 20.1 Å². The van der Waals surface area contributed by atoms with Gasteiger partial charge in [0.05, 0.1) is 11.3 Å². The minimum absolute atomic E-state index is 0.0591. The number of amides is 1. The van der Waals surface area contributed by atoms with E-state index in [0.29, 0.717) is 22.5 Å². The van der Waals surface area contributed by atoms with E-state index in [-0.39, 0.29) is 24.3 Å². The molecule has 4 rings (SSSR count). The van der Waals surface area contributed by atoms with E-state index in [1.54, 1.807) is 22.8 Å². The smallest absolute Gasteiger partial charge is 0.316 e. The number of hydrogen-bond donors (Lipinski definition) is 1. The molecule has 1 N–H and O–H groups in total. The molecule has 0 radical (unpaired) electrons. The topological polar surface area (TPSA) is 86.1 Å². The SMILES string of the molecule is CC1CCC(NC(=O)COC(=O)CSc2nnc(-c3ccccc3F)n2-c2ccccc2)CC1. The lowest BCUT2D eigenvalue weighted by Gasteiger charge is -2.26. The Labute approximate surface area is 202 Å². The molecule has 9 heteroatoms. The largest absolute Gasteiger partial charge is 0.455 e. The number of benzene rings is 2. The number of hydrogen-bond acceptors (Lipinski definition) is 6. The Kier molecular flexibility index (Phi) is 7.95. The Morgan fingerprint density at radius 3 is 2.50 bits per heavy atom. The number of carbonyl (C=O) groups excluding carboxylic acids is 2. The highest BCUT2D eigenvalue weighted by Crippen LogP contribution is 2.29. The normalized spacial score (nSPS) is 17.8. The van der Waals surface area contributed by atoms with Crippen molar-refractivity contribution in [1.29, 1.82) is 0 Å². The monoisotopic (exact) mass is 482 g/mol. The van der Waals surface area contributed by atoms with Gasteiger partial charge in [0.2, 0.25) is 0 Å². The molecule has 3 aromatic rings. The first kappa shape index (κ1) is 23.9. The van der Waals surface area contributed by atoms with Crippen LogP contribution in [0.2, 0.25) is 0 Å². The zero-order valence-electron chi connectivity index (χ0n) is 18.9. The highest BCUT2D eigenvalue weighted by Gasteiger charge is 2.22. The number of rotatable bonds is 8. The zero-order valence-corrected chi connectivity index (χ0v) is 19.8. The fourth-order valence-corrected chi connectivity index (χ4v) is 4.73. The second kappa shape index (κ2) is 11.3. The summed E-state index contributed by atoms with van der Waals surface area (Å²) in [4.78, 5) is 24.4. The molecule has 34 heavy (non-hydrogen) atoms. The average Bonchev–Trinajstić information content (AvgIpc) is 3.27. The van der Waals surface area contributed by atoms with Crippen molar-refractivity contribution in [2.45, 2.75) is 43.8 Å². The molecule has 0 spiro atoms. The lowest BCUT2D eigenvalue weighted by molar-refractivity contribution is -0.146. The third kappa shape index (κ3) is 6.02. The van der Waals surface area contributed by atoms with Crippen LogP contribution in [0.15, 0.2) is 59.8 Å². The number of aromatic nitrogens is 3. The molecule has 7 nitrogen and oxygen atoms in total. The lowest BCUT2D eigenvalue weighted by atomic mass is 9.87. The molecule has 1 aliphatic carbocycles. The van der Waals surface area contributed by atoms with E-state index in [1.807, 2.05) is 30.3 Å². The Balaban J connectivity index is 1.38. The first-order valence-corrected chi connectivity index (χ1v) is 12.3. The summed E-state index contributed by atoms with van der Waals surface area (Å²) in [6.45, 7) is 1.91. The number of ether oxygens (including phenoxy) is 1. The maximum atomic E-state index is 14.5. The van der Waals surface area contributed by atoms with Crippen molar-refractivity contribution in [3.63, 3.8) is 0 Å². The molecule has 1 saturated carbocycles. The van der Waals surface area contributed by atoms with Crippen LogP contribution in [0.4, 0.5) is 4.39 Å². The predicted molar refractivity (Wildman–Crippen MR) is 128 cm³/mol. The number of carbonyl (C=O) groups is 2. The van der Waals surface area contributed by atoms with Crippen molar-refractivity contribution < 1.29 is 18.7 Å². The number of nitrogens with one attached hydrogen (secondary N) is 1. The van der Waals surface area contributed by atoms with E-state index in [2.05, 4.69) is 22.4 Å². The molecule has 1 heterocycles. The number of para-hydroxylation sites is 1. The lowest BCUT2D eigenvalue weighted by Crippen LogP contribution is -2.39. The third-order valence-electron chi connectivity index (χ3n) is 5.83. The molecule has 0 saturated heterocycles. The first-order chi connectivity index (χ1) is 16.5. The van der Waals surface area contributed by atoms with Gasteiger partial charge >= 0.3 is 5.97 Å². The summed E-state index contributed by atoms with van der Waals surface area (Å²) in [6.07, 6.45) is 4.10. The molecule has 1 aliphatic rings. The van der Waals surface area contributed by atoms with Gasteiger partial charge in [-0.05, 0) is 55.9 Å². The molecule has 2 aromatic carbocycles. The van der Waals surface area contributed by atoms with Gasteiger partial charge in [-0.3, -0.25) is 14.2 Å². The summed E-state index contributed by atoms with van der Waals surface area (Å²) < 4.78 is 21.3. The van der Waals surface area contributed by atoms with Gasteiger partial charge in [-0.1, -0.05) is 49.0 Å². The van der Waals surface area contributed by atoms with Crippen LogP contribution in [0.1, 0.15) is 32.6 Å². The Morgan fingerprint density at radius 2 is 1.76 bits per heavy atom. The quantitative estimate of drug-likeness (QED) is 0.378. The summed E-state index contributed by atoms with van der Waals surface area (Å²) in [5.41, 5.74) is 1.05. The van der Waals surface area contributed by atoms with E-state index >= 15 is 0 Å². The number of nitrogens with zero attached hydrogens (tertiary/aromatic N) is 3. The molecule has 1 aromatic heterocycles. The van der Waals surface area contributed by atoms with Crippen LogP contribution in [-0.2, 0) is 14.3 Å². The predicted octanol–water partition coefficient (Wildman–Crippen LogP) is 4.40. The molecule has 0 bridgehead atoms. The summed E-state index contributed by atoms with van der Waals surface area (Å²) in [6, 6.07) is 15.8. The summed E-state index contributed by atoms with van der Waals surface area (Å²) in [7, 11) is 0. The number of esters is 1. The van der Waals surface area contributed by atoms with Gasteiger partial charge in [0.15, 0.2) is 17.6 Å². The Bertz CT molecular complexity index is 1130. The average molecular weight is 483 g/mol. The zero-order chi connectivity index (χ0) is 23.9. The third-order valence-corrected chi connectivity index (χ3v) is 6.73. The molecule has 1 amide bonds. The van der Waals surface area contributed by atoms with Gasteiger partial charge in [-0.2, -0.15) is 0 Å². The van der Waals surface area contributed by atoms with E-state index in [1.165, 1.54) is 6.07 Å². The van der Waals surface area contributed by atoms with Gasteiger partial charge in [0.25, 0.3) is 5.91 Å². The molecule has 1 fully saturated rings. The van der Waals surface area contributed by atoms with Gasteiger partial charge in [-0.15, -0.1) is 10.2 Å². The maximum Gasteiger partial charge on any atom is 0.316 e. The van der Waals surface area contributed by atoms with Crippen LogP contribution in [0.25, 0.3) is 17.1 Å². The second-order valence-electron chi connectivity index (χ2n) is 8.43. The summed E-state index contributed by atoms with van der Waals surface area (Å²) in [5.74, 6) is -0.265. The second-order valence-corrected chi connectivity index (χ2v) is 9.37. The first-order valence-electron chi connectivity index (χ1n) is 11.3. The van der Waals surface area contributed by atoms with Gasteiger partial charge < -0.3 is 10.1 Å². The van der Waals surface area contributed by atoms with Crippen LogP contribution in [0, 0.1) is 11.7 Å². The van der Waals surface area contributed by atoms with Crippen molar-refractivity contribution in [3.05, 3.63) is 60.4 Å². The summed E-state index contributed by atoms with van der Waals surface area (Å²) >= 11 is 1.12. The van der Waals surface area contributed by atoms with Crippen LogP contribution >= 0.6 is 11.8 Å². The molecule has 0 atom stereocenters. The van der Waals surface area contributed by atoms with Crippen molar-refractivity contribution in [3.8, 4) is 17.1 Å². The molecular weight excluding hydrogens is 455 g/mol. The van der Waals surface area contributed by atoms with Gasteiger partial charge in [-0.25, -0.2) is 4.39 Å². The van der Waals surface area contributed by atoms with Crippen molar-refractivity contribution in [2.75, 3.05) is 12.4 Å². The van der Waals surface area contributed by atoms with Gasteiger partial charge in [0.1, 0.15) is 5.82 Å². The highest BCUT2D eigenvalue weighted by atomic mass is 32.2. The van der Waals surface area contributed by atoms with Crippen LogP contribution in [-0.4, -0.2) is 45.0 Å². The highest BCUT2D eigenvalue weighted by molar-refractivity contribution is 7.99. The van der Waals surface area contributed by atoms with E-state index in [0.717, 1.165) is 43.1 Å². The molecule has 178 valence electrons. The van der Waals surface area contributed by atoms with Crippen LogP contribution in [0.5, 0.6) is 0 Å². The summed E-state index contributed by atoms with van der Waals surface area (Å²) in [5, 5.41) is 11.7. The maximum absolute atomic E-state index is 14.5. The number of thioether (sulfide) groups is 1. The molecule has 0 aliphatic heterocycles. The minimum Gasteiger partial charge on any atom is -0.455 e. The van der Waals surface area contributed by atoms with Crippen LogP contribution in [0.3, 0.4) is 0 Å². The number of halogens is 1. The Morgan fingerprint density at radius 1 is 1.06 bits per heavy atom. The standard InChI is InChI=1S/C25H27FN4O3S/c1-17-11-13-18(14-12-17)27-22(31)15-33-23(32)16-34-25-29-28-24(20-9-5-6-10-21(20)26)30(25)19-7-3-2-4-8-19/h2-10,17-18H,11-16H2,1H3,(H,27,31). The Hall–Kier alpha value is -3.20.